The lowest BCUT2D eigenvalue weighted by Gasteiger charge is -2.48. The molecule has 2 N–H and O–H groups in total. The molecule has 20 heavy (non-hydrogen) atoms. The first kappa shape index (κ1) is 14.2. The molecule has 0 aromatic heterocycles. The van der Waals surface area contributed by atoms with Crippen LogP contribution in [0.4, 0.5) is 0 Å². The zero-order valence-corrected chi connectivity index (χ0v) is 12.4. The summed E-state index contributed by atoms with van der Waals surface area (Å²) in [6.07, 6.45) is 5.83. The third kappa shape index (κ3) is 3.11. The molecule has 3 rings (SSSR count). The van der Waals surface area contributed by atoms with Crippen molar-refractivity contribution < 1.29 is 9.47 Å². The van der Waals surface area contributed by atoms with Crippen molar-refractivity contribution in [3.8, 4) is 5.75 Å². The maximum absolute atomic E-state index is 6.32. The van der Waals surface area contributed by atoms with Gasteiger partial charge in [0.2, 0.25) is 0 Å². The van der Waals surface area contributed by atoms with Gasteiger partial charge in [-0.25, -0.2) is 0 Å². The first-order valence-electron chi connectivity index (χ1n) is 7.45. The number of rotatable bonds is 4. The Kier molecular flexibility index (Phi) is 4.20. The van der Waals surface area contributed by atoms with Crippen molar-refractivity contribution in [2.45, 2.75) is 43.7 Å². The molecule has 1 spiro atoms. The monoisotopic (exact) mass is 295 g/mol. The Morgan fingerprint density at radius 3 is 3.00 bits per heavy atom. The minimum Gasteiger partial charge on any atom is -0.492 e. The fourth-order valence-corrected chi connectivity index (χ4v) is 3.42. The molecule has 1 heterocycles. The molecule has 1 aliphatic carbocycles. The maximum Gasteiger partial charge on any atom is 0.120 e. The van der Waals surface area contributed by atoms with Gasteiger partial charge in [0.1, 0.15) is 12.4 Å². The zero-order chi connectivity index (χ0) is 14.0. The number of halogens is 1. The highest BCUT2D eigenvalue weighted by molar-refractivity contribution is 6.30. The molecule has 2 fully saturated rings. The van der Waals surface area contributed by atoms with Gasteiger partial charge in [-0.1, -0.05) is 17.7 Å². The van der Waals surface area contributed by atoms with Crippen LogP contribution in [0.25, 0.3) is 0 Å². The molecule has 2 aliphatic rings. The van der Waals surface area contributed by atoms with Gasteiger partial charge < -0.3 is 15.2 Å². The van der Waals surface area contributed by atoms with E-state index in [-0.39, 0.29) is 11.6 Å². The van der Waals surface area contributed by atoms with Crippen molar-refractivity contribution in [3.63, 3.8) is 0 Å². The number of nitrogens with two attached hydrogens (primary N) is 1. The largest absolute Gasteiger partial charge is 0.492 e. The summed E-state index contributed by atoms with van der Waals surface area (Å²) in [5, 5.41) is 0.690. The molecule has 110 valence electrons. The highest BCUT2D eigenvalue weighted by Crippen LogP contribution is 2.44. The quantitative estimate of drug-likeness (QED) is 0.926. The lowest BCUT2D eigenvalue weighted by molar-refractivity contribution is -0.146. The molecule has 1 aliphatic heterocycles. The summed E-state index contributed by atoms with van der Waals surface area (Å²) >= 11 is 5.94. The zero-order valence-electron chi connectivity index (χ0n) is 11.7. The molecule has 0 bridgehead atoms. The second-order valence-corrected chi connectivity index (χ2v) is 6.51. The Labute approximate surface area is 125 Å². The molecular weight excluding hydrogens is 274 g/mol. The van der Waals surface area contributed by atoms with Gasteiger partial charge in [0.15, 0.2) is 0 Å². The number of hydrogen-bond donors (Lipinski definition) is 1. The van der Waals surface area contributed by atoms with Crippen LogP contribution in [0.3, 0.4) is 0 Å². The van der Waals surface area contributed by atoms with E-state index >= 15 is 0 Å². The van der Waals surface area contributed by atoms with Crippen molar-refractivity contribution in [2.75, 3.05) is 13.2 Å². The summed E-state index contributed by atoms with van der Waals surface area (Å²) in [7, 11) is 0. The van der Waals surface area contributed by atoms with Crippen molar-refractivity contribution in [3.05, 3.63) is 29.3 Å². The first-order chi connectivity index (χ1) is 9.67. The lowest BCUT2D eigenvalue weighted by atomic mass is 9.70. The summed E-state index contributed by atoms with van der Waals surface area (Å²) < 4.78 is 11.7. The molecule has 1 saturated carbocycles. The van der Waals surface area contributed by atoms with E-state index in [4.69, 9.17) is 26.8 Å². The van der Waals surface area contributed by atoms with E-state index in [2.05, 4.69) is 0 Å². The highest BCUT2D eigenvalue weighted by atomic mass is 35.5. The molecule has 2 atom stereocenters. The van der Waals surface area contributed by atoms with Crippen LogP contribution in [-0.4, -0.2) is 24.9 Å². The molecule has 0 radical (unpaired) electrons. The molecule has 3 nitrogen and oxygen atoms in total. The van der Waals surface area contributed by atoms with Crippen molar-refractivity contribution >= 4 is 11.6 Å². The lowest BCUT2D eigenvalue weighted by Crippen LogP contribution is -2.50. The van der Waals surface area contributed by atoms with E-state index in [1.54, 1.807) is 0 Å². The van der Waals surface area contributed by atoms with E-state index < -0.39 is 0 Å². The van der Waals surface area contributed by atoms with E-state index in [0.29, 0.717) is 17.5 Å². The summed E-state index contributed by atoms with van der Waals surface area (Å²) in [5.74, 6) is 1.29. The summed E-state index contributed by atoms with van der Waals surface area (Å²) in [5.41, 5.74) is 6.47. The standard InChI is InChI=1S/C16H22ClNO2/c17-13-3-1-4-14(9-13)19-11-15(18)12-5-8-20-16(10-12)6-2-7-16/h1,3-4,9,12,15H,2,5-8,10-11,18H2. The fraction of sp³-hybridized carbons (Fsp3) is 0.625. The predicted octanol–water partition coefficient (Wildman–Crippen LogP) is 3.40. The number of ether oxygens (including phenoxy) is 2. The molecule has 1 aromatic carbocycles. The van der Waals surface area contributed by atoms with E-state index in [1.807, 2.05) is 24.3 Å². The number of hydrogen-bond acceptors (Lipinski definition) is 3. The van der Waals surface area contributed by atoms with Crippen molar-refractivity contribution in [2.24, 2.45) is 11.7 Å². The minimum atomic E-state index is 0.0651. The van der Waals surface area contributed by atoms with Gasteiger partial charge in [0.25, 0.3) is 0 Å². The summed E-state index contributed by atoms with van der Waals surface area (Å²) in [6.45, 7) is 1.39. The van der Waals surface area contributed by atoms with E-state index in [1.165, 1.54) is 19.3 Å². The van der Waals surface area contributed by atoms with Crippen LogP contribution in [0.15, 0.2) is 24.3 Å². The van der Waals surface area contributed by atoms with E-state index in [0.717, 1.165) is 25.2 Å². The first-order valence-corrected chi connectivity index (χ1v) is 7.83. The van der Waals surface area contributed by atoms with Crippen LogP contribution in [0.1, 0.15) is 32.1 Å². The van der Waals surface area contributed by atoms with Crippen LogP contribution >= 0.6 is 11.6 Å². The third-order valence-corrected chi connectivity index (χ3v) is 4.88. The van der Waals surface area contributed by atoms with Gasteiger partial charge >= 0.3 is 0 Å². The van der Waals surface area contributed by atoms with Crippen LogP contribution < -0.4 is 10.5 Å². The highest BCUT2D eigenvalue weighted by Gasteiger charge is 2.43. The van der Waals surface area contributed by atoms with Gasteiger partial charge in [-0.3, -0.25) is 0 Å². The Morgan fingerprint density at radius 2 is 2.30 bits per heavy atom. The number of benzene rings is 1. The van der Waals surface area contributed by atoms with Gasteiger partial charge in [-0.15, -0.1) is 0 Å². The molecule has 0 amide bonds. The summed E-state index contributed by atoms with van der Waals surface area (Å²) in [6, 6.07) is 7.53. The van der Waals surface area contributed by atoms with Gasteiger partial charge in [0, 0.05) is 17.7 Å². The molecule has 2 unspecified atom stereocenters. The molecule has 4 heteroatoms. The second kappa shape index (κ2) is 5.92. The minimum absolute atomic E-state index is 0.0651. The topological polar surface area (TPSA) is 44.5 Å². The van der Waals surface area contributed by atoms with Crippen LogP contribution in [-0.2, 0) is 4.74 Å². The van der Waals surface area contributed by atoms with Gasteiger partial charge in [0.05, 0.1) is 5.60 Å². The fourth-order valence-electron chi connectivity index (χ4n) is 3.24. The summed E-state index contributed by atoms with van der Waals surface area (Å²) in [4.78, 5) is 0. The van der Waals surface area contributed by atoms with Crippen molar-refractivity contribution in [1.82, 2.24) is 0 Å². The average molecular weight is 296 g/mol. The second-order valence-electron chi connectivity index (χ2n) is 6.07. The third-order valence-electron chi connectivity index (χ3n) is 4.64. The average Bonchev–Trinajstić information content (AvgIpc) is 2.43. The van der Waals surface area contributed by atoms with E-state index in [9.17, 15) is 0 Å². The Morgan fingerprint density at radius 1 is 1.45 bits per heavy atom. The Hall–Kier alpha value is -0.770. The van der Waals surface area contributed by atoms with Gasteiger partial charge in [-0.2, -0.15) is 0 Å². The Bertz CT molecular complexity index is 462. The molecule has 1 saturated heterocycles. The maximum atomic E-state index is 6.32. The Balaban J connectivity index is 1.52. The van der Waals surface area contributed by atoms with Crippen LogP contribution in [0.2, 0.25) is 5.02 Å². The molecule has 1 aromatic rings. The predicted molar refractivity (Wildman–Crippen MR) is 80.2 cm³/mol. The smallest absolute Gasteiger partial charge is 0.120 e. The van der Waals surface area contributed by atoms with Crippen LogP contribution in [0.5, 0.6) is 5.75 Å². The molecular formula is C16H22ClNO2. The van der Waals surface area contributed by atoms with Gasteiger partial charge in [-0.05, 0) is 56.2 Å². The van der Waals surface area contributed by atoms with Crippen LogP contribution in [0, 0.1) is 5.92 Å². The normalized spacial score (nSPS) is 26.0. The van der Waals surface area contributed by atoms with Crippen molar-refractivity contribution in [1.29, 1.82) is 0 Å². The SMILES string of the molecule is NC(COc1cccc(Cl)c1)C1CCOC2(CCC2)C1.